The summed E-state index contributed by atoms with van der Waals surface area (Å²) in [7, 11) is 0. The number of ketones is 1. The van der Waals surface area contributed by atoms with Crippen LogP contribution in [0.4, 0.5) is 0 Å². The van der Waals surface area contributed by atoms with Crippen molar-refractivity contribution in [2.24, 2.45) is 23.7 Å². The molecule has 4 unspecified atom stereocenters. The number of carbonyl (C=O) groups is 5. The van der Waals surface area contributed by atoms with E-state index in [9.17, 15) is 24.0 Å². The molecule has 6 aliphatic carbocycles. The Balaban J connectivity index is 0.000000482. The number of aldehydes is 1. The van der Waals surface area contributed by atoms with Gasteiger partial charge in [0.15, 0.2) is 0 Å². The molecule has 83 heavy (non-hydrogen) atoms. The molecule has 8 aliphatic rings. The maximum atomic E-state index is 10.6. The standard InChI is InChI=1S/C13H22O2.C11H20O.C11H18O.C11H20O.C11H18O.C6H10O.C5H10O.C4H6O3/c1-11(8-9-15-12(2)14)10-13-6-4-3-5-7-13;2*1-10-5-8-12-11(9-10)6-3-2-4-7-11;2*1-10(7-8-12)9-11-5-3-2-4-6-11;7-6-4-2-1-3-5-6;1-5(2)3-4-6;1-3(5)7-4(2)6/h6,11H,3-5,7-10H2,1-2H3;10H,2-9H2,1H3;5H,2-4,6-9H2,1H3;5,10,12H,2-4,6-9H2,1H3;5,8,10H,2-4,6-7,9H2,1H3;1-5H2;6H,1,3-4H2,2H3;1-2H3. The highest BCUT2D eigenvalue weighted by atomic mass is 16.6. The van der Waals surface area contributed by atoms with Crippen molar-refractivity contribution in [3.05, 3.63) is 58.7 Å². The average Bonchev–Trinajstić information content (AvgIpc) is 3.47. The zero-order chi connectivity index (χ0) is 61.6. The van der Waals surface area contributed by atoms with Crippen LogP contribution in [0.1, 0.15) is 300 Å². The van der Waals surface area contributed by atoms with E-state index in [1.165, 1.54) is 206 Å². The van der Waals surface area contributed by atoms with Crippen LogP contribution in [0.15, 0.2) is 58.7 Å². The molecule has 478 valence electrons. The van der Waals surface area contributed by atoms with E-state index < -0.39 is 11.9 Å². The smallest absolute Gasteiger partial charge is 0.310 e. The summed E-state index contributed by atoms with van der Waals surface area (Å²) < 4.78 is 20.8. The molecule has 11 heteroatoms. The lowest BCUT2D eigenvalue weighted by Crippen LogP contribution is -2.40. The lowest BCUT2D eigenvalue weighted by molar-refractivity contribution is -0.156. The van der Waals surface area contributed by atoms with E-state index in [1.54, 1.807) is 16.7 Å². The fourth-order valence-corrected chi connectivity index (χ4v) is 12.4. The van der Waals surface area contributed by atoms with Crippen molar-refractivity contribution in [1.29, 1.82) is 0 Å². The Kier molecular flexibility index (Phi) is 45.4. The van der Waals surface area contributed by atoms with Gasteiger partial charge in [0.1, 0.15) is 12.1 Å². The molecule has 2 spiro atoms. The van der Waals surface area contributed by atoms with Gasteiger partial charge in [-0.25, -0.2) is 0 Å². The van der Waals surface area contributed by atoms with E-state index in [0.29, 0.717) is 42.4 Å². The number of rotatable bonds is 15. The first kappa shape index (κ1) is 77.5. The molecule has 8 rings (SSSR count). The number of ether oxygens (including phenoxy) is 4. The zero-order valence-electron chi connectivity index (χ0n) is 54.7. The Morgan fingerprint density at radius 3 is 1.46 bits per heavy atom. The SMILES string of the molecule is C=C(C)CCO.CC(=O)OC(C)=O.CC(=O)OCCC(C)CC1=CCCCC1.CC(CC=O)CC1=CCCCC1.CC(CCO)CC1=CCCCC1.CC1=CCOC2(CCCCC2)C1.CC1CCOC2(CCCCC2)C1.O=C1CCCCC1. The number of aliphatic hydroxyl groups is 2. The van der Waals surface area contributed by atoms with Crippen LogP contribution in [0.25, 0.3) is 0 Å². The Hall–Kier alpha value is -3.51. The Labute approximate surface area is 507 Å². The van der Waals surface area contributed by atoms with Gasteiger partial charge < -0.3 is 34.0 Å². The molecule has 2 heterocycles. The molecule has 0 aromatic rings. The summed E-state index contributed by atoms with van der Waals surface area (Å²) in [5.74, 6) is 1.92. The van der Waals surface area contributed by atoms with Crippen LogP contribution in [-0.4, -0.2) is 84.4 Å². The largest absolute Gasteiger partial charge is 0.466 e. The van der Waals surface area contributed by atoms with Crippen LogP contribution >= 0.6 is 0 Å². The van der Waals surface area contributed by atoms with E-state index in [0.717, 1.165) is 88.8 Å². The van der Waals surface area contributed by atoms with Gasteiger partial charge >= 0.3 is 17.9 Å². The van der Waals surface area contributed by atoms with Gasteiger partial charge in [0.25, 0.3) is 0 Å². The molecule has 0 radical (unpaired) electrons. The van der Waals surface area contributed by atoms with Crippen LogP contribution < -0.4 is 0 Å². The fourth-order valence-electron chi connectivity index (χ4n) is 12.4. The van der Waals surface area contributed by atoms with Crippen molar-refractivity contribution in [3.63, 3.8) is 0 Å². The number of hydrogen-bond donors (Lipinski definition) is 2. The summed E-state index contributed by atoms with van der Waals surface area (Å²) in [6.07, 6.45) is 55.8. The van der Waals surface area contributed by atoms with E-state index in [-0.39, 0.29) is 18.2 Å². The first-order valence-electron chi connectivity index (χ1n) is 33.4. The van der Waals surface area contributed by atoms with E-state index >= 15 is 0 Å². The highest BCUT2D eigenvalue weighted by Gasteiger charge is 2.37. The van der Waals surface area contributed by atoms with Crippen molar-refractivity contribution in [2.45, 2.75) is 311 Å². The fraction of sp³-hybridized carbons (Fsp3) is 0.792. The van der Waals surface area contributed by atoms with Crippen molar-refractivity contribution in [2.75, 3.05) is 33.0 Å². The molecule has 1 saturated heterocycles. The normalized spacial score (nSPS) is 21.5. The molecule has 2 N–H and O–H groups in total. The van der Waals surface area contributed by atoms with Crippen LogP contribution in [0, 0.1) is 23.7 Å². The highest BCUT2D eigenvalue weighted by Crippen LogP contribution is 2.41. The molecule has 4 fully saturated rings. The quantitative estimate of drug-likeness (QED) is 0.0694. The molecule has 0 bridgehead atoms. The lowest BCUT2D eigenvalue weighted by Gasteiger charge is -2.42. The van der Waals surface area contributed by atoms with Gasteiger partial charge in [0, 0.05) is 59.9 Å². The van der Waals surface area contributed by atoms with Crippen LogP contribution in [-0.2, 0) is 42.9 Å². The van der Waals surface area contributed by atoms with Crippen LogP contribution in [0.5, 0.6) is 0 Å². The van der Waals surface area contributed by atoms with Gasteiger partial charge in [-0.3, -0.25) is 19.2 Å². The van der Waals surface area contributed by atoms with Crippen LogP contribution in [0.2, 0.25) is 0 Å². The summed E-state index contributed by atoms with van der Waals surface area (Å²) >= 11 is 0. The Morgan fingerprint density at radius 1 is 0.627 bits per heavy atom. The third-order valence-electron chi connectivity index (χ3n) is 17.0. The molecule has 0 aromatic carbocycles. The topological polar surface area (TPSA) is 163 Å². The molecular formula is C72H124O11. The maximum Gasteiger partial charge on any atom is 0.310 e. The van der Waals surface area contributed by atoms with Gasteiger partial charge in [-0.2, -0.15) is 0 Å². The third-order valence-corrected chi connectivity index (χ3v) is 17.0. The predicted octanol–water partition coefficient (Wildman–Crippen LogP) is 18.2. The minimum Gasteiger partial charge on any atom is -0.466 e. The summed E-state index contributed by atoms with van der Waals surface area (Å²) in [5.41, 5.74) is 7.97. The van der Waals surface area contributed by atoms with E-state index in [4.69, 9.17) is 24.4 Å². The monoisotopic (exact) mass is 1160 g/mol. The molecule has 4 atom stereocenters. The zero-order valence-corrected chi connectivity index (χ0v) is 54.7. The number of Topliss-reactive ketones (excluding diaryl/α,β-unsaturated/α-hetero) is 1. The first-order chi connectivity index (χ1) is 39.7. The van der Waals surface area contributed by atoms with Crippen molar-refractivity contribution >= 4 is 30.0 Å². The highest BCUT2D eigenvalue weighted by molar-refractivity contribution is 5.82. The molecule has 3 saturated carbocycles. The van der Waals surface area contributed by atoms with Gasteiger partial charge in [-0.15, -0.1) is 6.58 Å². The van der Waals surface area contributed by atoms with E-state index in [1.807, 2.05) is 6.92 Å². The first-order valence-corrected chi connectivity index (χ1v) is 33.4. The van der Waals surface area contributed by atoms with E-state index in [2.05, 4.69) is 70.2 Å². The second-order valence-electron chi connectivity index (χ2n) is 25.9. The minimum absolute atomic E-state index is 0.168. The summed E-state index contributed by atoms with van der Waals surface area (Å²) in [6.45, 7) is 23.6. The Bertz CT molecular complexity index is 1870. The predicted molar refractivity (Wildman–Crippen MR) is 342 cm³/mol. The summed E-state index contributed by atoms with van der Waals surface area (Å²) in [5, 5.41) is 16.9. The number of allylic oxidation sites excluding steroid dienone is 6. The Morgan fingerprint density at radius 2 is 1.10 bits per heavy atom. The summed E-state index contributed by atoms with van der Waals surface area (Å²) in [6, 6.07) is 0. The lowest BCUT2D eigenvalue weighted by atomic mass is 9.77. The number of carbonyl (C=O) groups excluding carboxylic acids is 5. The minimum atomic E-state index is -0.562. The maximum absolute atomic E-state index is 10.6. The number of esters is 3. The van der Waals surface area contributed by atoms with Crippen molar-refractivity contribution in [1.82, 2.24) is 0 Å². The molecular weight excluding hydrogens is 1040 g/mol. The molecule has 11 nitrogen and oxygen atoms in total. The molecule has 2 aliphatic heterocycles. The van der Waals surface area contributed by atoms with Gasteiger partial charge in [-0.1, -0.05) is 125 Å². The van der Waals surface area contributed by atoms with Crippen LogP contribution in [0.3, 0.4) is 0 Å². The third kappa shape index (κ3) is 42.9. The van der Waals surface area contributed by atoms with Gasteiger partial charge in [-0.05, 0) is 211 Å². The van der Waals surface area contributed by atoms with Crippen molar-refractivity contribution in [3.8, 4) is 0 Å². The van der Waals surface area contributed by atoms with Crippen molar-refractivity contribution < 1.29 is 53.1 Å². The van der Waals surface area contributed by atoms with Gasteiger partial charge in [0.05, 0.1) is 24.4 Å². The molecule has 0 amide bonds. The number of aliphatic hydroxyl groups excluding tert-OH is 2. The number of hydrogen-bond acceptors (Lipinski definition) is 11. The summed E-state index contributed by atoms with van der Waals surface area (Å²) in [4.78, 5) is 50.9. The second-order valence-corrected chi connectivity index (χ2v) is 25.9. The molecule has 0 aromatic heterocycles. The second kappa shape index (κ2) is 48.6. The van der Waals surface area contributed by atoms with Gasteiger partial charge in [0.2, 0.25) is 0 Å². The average molecular weight is 1170 g/mol.